The lowest BCUT2D eigenvalue weighted by atomic mass is 10.3. The third-order valence-corrected chi connectivity index (χ3v) is 4.77. The van der Waals surface area contributed by atoms with Crippen molar-refractivity contribution in [2.45, 2.75) is 11.9 Å². The van der Waals surface area contributed by atoms with Gasteiger partial charge in [-0.15, -0.1) is 0 Å². The average molecular weight is 291 g/mol. The fourth-order valence-electron chi connectivity index (χ4n) is 1.98. The van der Waals surface area contributed by atoms with Gasteiger partial charge in [0.05, 0.1) is 11.4 Å². The molecule has 0 aliphatic rings. The maximum Gasteiger partial charge on any atom is 0.283 e. The van der Waals surface area contributed by atoms with E-state index in [0.29, 0.717) is 17.9 Å². The molecule has 0 bridgehead atoms. The van der Waals surface area contributed by atoms with Crippen molar-refractivity contribution in [1.29, 1.82) is 0 Å². The monoisotopic (exact) mass is 291 g/mol. The van der Waals surface area contributed by atoms with Crippen molar-refractivity contribution < 1.29 is 8.42 Å². The van der Waals surface area contributed by atoms with Crippen molar-refractivity contribution in [2.75, 3.05) is 23.2 Å². The van der Waals surface area contributed by atoms with E-state index in [2.05, 4.69) is 10.3 Å². The van der Waals surface area contributed by atoms with E-state index in [0.717, 1.165) is 0 Å². The second kappa shape index (κ2) is 5.92. The molecule has 0 unspecified atom stereocenters. The van der Waals surface area contributed by atoms with Gasteiger partial charge in [-0.1, -0.05) is 18.2 Å². The Kier molecular flexibility index (Phi) is 4.24. The molecule has 0 aliphatic carbocycles. The fraction of sp³-hybridized carbons (Fsp3) is 0.214. The molecule has 106 valence electrons. The molecule has 0 fully saturated rings. The highest BCUT2D eigenvalue weighted by Crippen LogP contribution is 2.26. The van der Waals surface area contributed by atoms with Gasteiger partial charge < -0.3 is 5.32 Å². The Bertz CT molecular complexity index is 672. The molecule has 0 saturated heterocycles. The first-order chi connectivity index (χ1) is 9.61. The van der Waals surface area contributed by atoms with Crippen LogP contribution in [0, 0.1) is 0 Å². The molecule has 1 N–H and O–H groups in total. The van der Waals surface area contributed by atoms with Gasteiger partial charge in [0, 0.05) is 19.8 Å². The SMILES string of the molecule is CCN(c1ccccc1)S(=O)(=O)c1ncccc1NC. The Morgan fingerprint density at radius 1 is 1.15 bits per heavy atom. The van der Waals surface area contributed by atoms with Crippen LogP contribution in [0.25, 0.3) is 0 Å². The lowest BCUT2D eigenvalue weighted by Crippen LogP contribution is -2.31. The van der Waals surface area contributed by atoms with Crippen LogP contribution in [0.1, 0.15) is 6.92 Å². The summed E-state index contributed by atoms with van der Waals surface area (Å²) in [6.07, 6.45) is 1.48. The number of aromatic nitrogens is 1. The van der Waals surface area contributed by atoms with Gasteiger partial charge in [0.2, 0.25) is 0 Å². The minimum atomic E-state index is -3.69. The minimum absolute atomic E-state index is 0.0354. The summed E-state index contributed by atoms with van der Waals surface area (Å²) >= 11 is 0. The average Bonchev–Trinajstić information content (AvgIpc) is 2.48. The number of hydrogen-bond donors (Lipinski definition) is 1. The molecule has 5 nitrogen and oxygen atoms in total. The summed E-state index contributed by atoms with van der Waals surface area (Å²) in [5.74, 6) is 0. The second-order valence-electron chi connectivity index (χ2n) is 4.11. The Morgan fingerprint density at radius 3 is 2.45 bits per heavy atom. The van der Waals surface area contributed by atoms with Gasteiger partial charge in [0.1, 0.15) is 0 Å². The highest BCUT2D eigenvalue weighted by atomic mass is 32.2. The molecule has 0 atom stereocenters. The van der Waals surface area contributed by atoms with E-state index in [1.165, 1.54) is 10.5 Å². The van der Waals surface area contributed by atoms with E-state index < -0.39 is 10.0 Å². The first-order valence-corrected chi connectivity index (χ1v) is 7.75. The van der Waals surface area contributed by atoms with Gasteiger partial charge in [-0.3, -0.25) is 4.31 Å². The van der Waals surface area contributed by atoms with Gasteiger partial charge in [-0.2, -0.15) is 8.42 Å². The number of hydrogen-bond acceptors (Lipinski definition) is 4. The molecular weight excluding hydrogens is 274 g/mol. The summed E-state index contributed by atoms with van der Waals surface area (Å²) in [5.41, 5.74) is 1.12. The molecule has 0 saturated carbocycles. The molecule has 0 amide bonds. The van der Waals surface area contributed by atoms with Crippen molar-refractivity contribution in [3.63, 3.8) is 0 Å². The normalized spacial score (nSPS) is 11.1. The van der Waals surface area contributed by atoms with Crippen molar-refractivity contribution in [1.82, 2.24) is 4.98 Å². The second-order valence-corrected chi connectivity index (χ2v) is 5.89. The van der Waals surface area contributed by atoms with Gasteiger partial charge in [0.25, 0.3) is 10.0 Å². The van der Waals surface area contributed by atoms with Crippen LogP contribution in [0.3, 0.4) is 0 Å². The van der Waals surface area contributed by atoms with E-state index >= 15 is 0 Å². The highest BCUT2D eigenvalue weighted by molar-refractivity contribution is 7.92. The number of nitrogens with one attached hydrogen (secondary N) is 1. The van der Waals surface area contributed by atoms with E-state index in [-0.39, 0.29) is 5.03 Å². The molecule has 2 aromatic rings. The Hall–Kier alpha value is -2.08. The molecule has 6 heteroatoms. The summed E-state index contributed by atoms with van der Waals surface area (Å²) in [6.45, 7) is 2.14. The first kappa shape index (κ1) is 14.3. The van der Waals surface area contributed by atoms with E-state index in [9.17, 15) is 8.42 Å². The predicted molar refractivity (Wildman–Crippen MR) is 80.4 cm³/mol. The quantitative estimate of drug-likeness (QED) is 0.918. The standard InChI is InChI=1S/C14H17N3O2S/c1-3-17(12-8-5-4-6-9-12)20(18,19)14-13(15-2)10-7-11-16-14/h4-11,15H,3H2,1-2H3. The molecule has 1 aromatic carbocycles. The lowest BCUT2D eigenvalue weighted by molar-refractivity contribution is 0.588. The van der Waals surface area contributed by atoms with Gasteiger partial charge in [0.15, 0.2) is 5.03 Å². The van der Waals surface area contributed by atoms with E-state index in [1.807, 2.05) is 18.2 Å². The Morgan fingerprint density at radius 2 is 1.85 bits per heavy atom. The van der Waals surface area contributed by atoms with Gasteiger partial charge >= 0.3 is 0 Å². The zero-order chi connectivity index (χ0) is 14.6. The number of rotatable bonds is 5. The largest absolute Gasteiger partial charge is 0.386 e. The van der Waals surface area contributed by atoms with E-state index in [4.69, 9.17) is 0 Å². The number of pyridine rings is 1. The number of para-hydroxylation sites is 1. The molecule has 2 rings (SSSR count). The molecule has 1 aromatic heterocycles. The van der Waals surface area contributed by atoms with Crippen molar-refractivity contribution in [3.8, 4) is 0 Å². The van der Waals surface area contributed by atoms with Crippen LogP contribution < -0.4 is 9.62 Å². The molecular formula is C14H17N3O2S. The summed E-state index contributed by atoms with van der Waals surface area (Å²) in [6, 6.07) is 12.4. The smallest absolute Gasteiger partial charge is 0.283 e. The highest BCUT2D eigenvalue weighted by Gasteiger charge is 2.27. The van der Waals surface area contributed by atoms with Crippen LogP contribution in [0.4, 0.5) is 11.4 Å². The van der Waals surface area contributed by atoms with Crippen molar-refractivity contribution in [2.24, 2.45) is 0 Å². The fourth-order valence-corrected chi connectivity index (χ4v) is 3.57. The number of sulfonamides is 1. The summed E-state index contributed by atoms with van der Waals surface area (Å²) in [4.78, 5) is 4.02. The van der Waals surface area contributed by atoms with Crippen LogP contribution in [0.5, 0.6) is 0 Å². The summed E-state index contributed by atoms with van der Waals surface area (Å²) in [5, 5.41) is 2.90. The molecule has 1 heterocycles. The van der Waals surface area contributed by atoms with Gasteiger partial charge in [-0.05, 0) is 31.2 Å². The van der Waals surface area contributed by atoms with E-state index in [1.54, 1.807) is 38.2 Å². The predicted octanol–water partition coefficient (Wildman–Crippen LogP) is 2.34. The van der Waals surface area contributed by atoms with Crippen LogP contribution in [0.2, 0.25) is 0 Å². The molecule has 20 heavy (non-hydrogen) atoms. The number of nitrogens with zero attached hydrogens (tertiary/aromatic N) is 2. The topological polar surface area (TPSA) is 62.3 Å². The summed E-state index contributed by atoms with van der Waals surface area (Å²) in [7, 11) is -2.01. The minimum Gasteiger partial charge on any atom is -0.386 e. The number of anilines is 2. The third-order valence-electron chi connectivity index (χ3n) is 2.91. The maximum atomic E-state index is 12.8. The number of benzene rings is 1. The van der Waals surface area contributed by atoms with Crippen LogP contribution in [-0.4, -0.2) is 27.0 Å². The maximum absolute atomic E-state index is 12.8. The molecule has 0 aliphatic heterocycles. The summed E-state index contributed by atoms with van der Waals surface area (Å²) < 4.78 is 26.9. The zero-order valence-electron chi connectivity index (χ0n) is 11.4. The first-order valence-electron chi connectivity index (χ1n) is 6.31. The lowest BCUT2D eigenvalue weighted by Gasteiger charge is -2.23. The van der Waals surface area contributed by atoms with Crippen LogP contribution in [-0.2, 0) is 10.0 Å². The Labute approximate surface area is 119 Å². The zero-order valence-corrected chi connectivity index (χ0v) is 12.3. The third kappa shape index (κ3) is 2.60. The molecule has 0 radical (unpaired) electrons. The Balaban J connectivity index is 2.53. The van der Waals surface area contributed by atoms with Crippen LogP contribution in [0.15, 0.2) is 53.7 Å². The van der Waals surface area contributed by atoms with Crippen molar-refractivity contribution in [3.05, 3.63) is 48.7 Å². The van der Waals surface area contributed by atoms with Crippen molar-refractivity contribution >= 4 is 21.4 Å². The molecule has 0 spiro atoms. The van der Waals surface area contributed by atoms with Crippen LogP contribution >= 0.6 is 0 Å². The van der Waals surface area contributed by atoms with Gasteiger partial charge in [-0.25, -0.2) is 4.98 Å².